The van der Waals surface area contributed by atoms with E-state index in [-0.39, 0.29) is 12.2 Å². The van der Waals surface area contributed by atoms with Crippen molar-refractivity contribution in [3.63, 3.8) is 0 Å². The third-order valence-corrected chi connectivity index (χ3v) is 3.50. The van der Waals surface area contributed by atoms with Crippen LogP contribution in [0.2, 0.25) is 0 Å². The maximum Gasteiger partial charge on any atom is 0.308 e. The molecule has 0 saturated heterocycles. The number of hydrogen-bond donors (Lipinski definition) is 1. The maximum atomic E-state index is 12.7. The Bertz CT molecular complexity index is 406. The molecule has 4 nitrogen and oxygen atoms in total. The molecule has 1 aromatic rings. The highest BCUT2D eigenvalue weighted by atomic mass is 127. The monoisotopic (exact) mass is 344 g/mol. The van der Waals surface area contributed by atoms with Gasteiger partial charge in [-0.25, -0.2) is 8.78 Å². The van der Waals surface area contributed by atoms with Crippen LogP contribution in [0.15, 0.2) is 0 Å². The number of carboxylic acid groups (broad SMARTS) is 1. The van der Waals surface area contributed by atoms with Gasteiger partial charge in [-0.1, -0.05) is 6.92 Å². The van der Waals surface area contributed by atoms with E-state index in [1.54, 1.807) is 29.5 Å². The van der Waals surface area contributed by atoms with E-state index in [2.05, 4.69) is 5.10 Å². The Morgan fingerprint density at radius 3 is 2.62 bits per heavy atom. The fourth-order valence-corrected chi connectivity index (χ4v) is 1.88. The normalized spacial score (nSPS) is 13.1. The second-order valence-electron chi connectivity index (χ2n) is 3.51. The molecule has 16 heavy (non-hydrogen) atoms. The number of aromatic nitrogens is 2. The molecular weight excluding hydrogens is 333 g/mol. The van der Waals surface area contributed by atoms with Gasteiger partial charge in [0.2, 0.25) is 0 Å². The molecule has 90 valence electrons. The minimum atomic E-state index is -2.64. The van der Waals surface area contributed by atoms with Crippen LogP contribution in [0, 0.1) is 16.4 Å². The average molecular weight is 344 g/mol. The van der Waals surface area contributed by atoms with Crippen LogP contribution in [0.3, 0.4) is 0 Å². The summed E-state index contributed by atoms with van der Waals surface area (Å²) in [5.41, 5.74) is 0.291. The van der Waals surface area contributed by atoms with Crippen molar-refractivity contribution in [3.8, 4) is 0 Å². The van der Waals surface area contributed by atoms with Crippen molar-refractivity contribution in [2.75, 3.05) is 0 Å². The maximum absolute atomic E-state index is 12.7. The first kappa shape index (κ1) is 13.3. The molecule has 0 spiro atoms. The fraction of sp³-hybridized carbons (Fsp3) is 0.556. The highest BCUT2D eigenvalue weighted by Crippen LogP contribution is 2.27. The zero-order valence-electron chi connectivity index (χ0n) is 8.75. The Morgan fingerprint density at radius 1 is 1.62 bits per heavy atom. The molecule has 1 aromatic heterocycles. The molecule has 0 unspecified atom stereocenters. The first-order chi connectivity index (χ1) is 7.34. The molecule has 1 rings (SSSR count). The first-order valence-corrected chi connectivity index (χ1v) is 5.66. The van der Waals surface area contributed by atoms with Crippen LogP contribution >= 0.6 is 22.6 Å². The molecule has 1 N–H and O–H groups in total. The number of halogens is 3. The zero-order chi connectivity index (χ0) is 12.5. The van der Waals surface area contributed by atoms with E-state index < -0.39 is 18.3 Å². The number of alkyl halides is 2. The summed E-state index contributed by atoms with van der Waals surface area (Å²) >= 11 is 1.79. The van der Waals surface area contributed by atoms with E-state index in [1.807, 2.05) is 0 Å². The Balaban J connectivity index is 3.04. The molecule has 0 aliphatic rings. The predicted octanol–water partition coefficient (Wildman–Crippen LogP) is 2.45. The number of carboxylic acids is 1. The summed E-state index contributed by atoms with van der Waals surface area (Å²) in [6.45, 7) is 3.04. The Labute approximate surface area is 105 Å². The Hall–Kier alpha value is -0.730. The molecule has 1 heterocycles. The topological polar surface area (TPSA) is 55.1 Å². The number of hydrogen-bond acceptors (Lipinski definition) is 2. The van der Waals surface area contributed by atoms with Gasteiger partial charge in [-0.05, 0) is 29.5 Å². The van der Waals surface area contributed by atoms with Crippen molar-refractivity contribution in [2.24, 2.45) is 5.92 Å². The van der Waals surface area contributed by atoms with Crippen molar-refractivity contribution < 1.29 is 18.7 Å². The van der Waals surface area contributed by atoms with Gasteiger partial charge in [-0.15, -0.1) is 0 Å². The summed E-state index contributed by atoms with van der Waals surface area (Å²) in [4.78, 5) is 10.6. The molecule has 0 aliphatic heterocycles. The molecule has 0 amide bonds. The molecule has 7 heteroatoms. The molecule has 0 bridgehead atoms. The van der Waals surface area contributed by atoms with Crippen molar-refractivity contribution in [1.82, 2.24) is 9.78 Å². The average Bonchev–Trinajstić information content (AvgIpc) is 2.42. The third-order valence-electron chi connectivity index (χ3n) is 2.17. The van der Waals surface area contributed by atoms with Crippen molar-refractivity contribution in [3.05, 3.63) is 15.0 Å². The summed E-state index contributed by atoms with van der Waals surface area (Å²) in [5.74, 6) is -1.77. The lowest BCUT2D eigenvalue weighted by molar-refractivity contribution is -0.141. The van der Waals surface area contributed by atoms with Crippen LogP contribution in [0.1, 0.15) is 24.7 Å². The fourth-order valence-electron chi connectivity index (χ4n) is 1.26. The van der Waals surface area contributed by atoms with Gasteiger partial charge in [0.1, 0.15) is 5.69 Å². The zero-order valence-corrected chi connectivity index (χ0v) is 10.9. The highest BCUT2D eigenvalue weighted by molar-refractivity contribution is 14.1. The molecule has 0 aromatic carbocycles. The summed E-state index contributed by atoms with van der Waals surface area (Å²) in [5, 5.41) is 12.6. The van der Waals surface area contributed by atoms with E-state index in [9.17, 15) is 13.6 Å². The second kappa shape index (κ2) is 5.07. The number of rotatable bonds is 4. The predicted molar refractivity (Wildman–Crippen MR) is 61.4 cm³/mol. The van der Waals surface area contributed by atoms with Crippen LogP contribution in [-0.4, -0.2) is 20.9 Å². The molecule has 1 atom stereocenters. The minimum Gasteiger partial charge on any atom is -0.481 e. The highest BCUT2D eigenvalue weighted by Gasteiger charge is 2.23. The van der Waals surface area contributed by atoms with Gasteiger partial charge in [-0.3, -0.25) is 9.48 Å². The van der Waals surface area contributed by atoms with Crippen LogP contribution in [-0.2, 0) is 11.3 Å². The van der Waals surface area contributed by atoms with Gasteiger partial charge >= 0.3 is 5.97 Å². The van der Waals surface area contributed by atoms with Crippen LogP contribution in [0.25, 0.3) is 0 Å². The number of carbonyl (C=O) groups is 1. The number of nitrogens with zero attached hydrogens (tertiary/aromatic N) is 2. The molecule has 0 saturated carbocycles. The van der Waals surface area contributed by atoms with Gasteiger partial charge in [0.05, 0.1) is 21.7 Å². The van der Waals surface area contributed by atoms with Crippen molar-refractivity contribution >= 4 is 28.6 Å². The summed E-state index contributed by atoms with van der Waals surface area (Å²) < 4.78 is 27.0. The lowest BCUT2D eigenvalue weighted by atomic mass is 10.2. The van der Waals surface area contributed by atoms with E-state index in [1.165, 1.54) is 6.92 Å². The molecular formula is C9H11F2IN2O2. The van der Waals surface area contributed by atoms with Gasteiger partial charge in [-0.2, -0.15) is 5.10 Å². The van der Waals surface area contributed by atoms with E-state index in [0.29, 0.717) is 9.26 Å². The molecule has 0 radical (unpaired) electrons. The van der Waals surface area contributed by atoms with Crippen LogP contribution in [0.5, 0.6) is 0 Å². The van der Waals surface area contributed by atoms with Crippen molar-refractivity contribution in [1.29, 1.82) is 0 Å². The van der Waals surface area contributed by atoms with Gasteiger partial charge in [0.25, 0.3) is 6.43 Å². The number of aliphatic carboxylic acids is 1. The summed E-state index contributed by atoms with van der Waals surface area (Å²) in [7, 11) is 0. The van der Waals surface area contributed by atoms with Crippen LogP contribution < -0.4 is 0 Å². The largest absolute Gasteiger partial charge is 0.481 e. The van der Waals surface area contributed by atoms with Crippen molar-refractivity contribution in [2.45, 2.75) is 26.8 Å². The Morgan fingerprint density at radius 2 is 2.19 bits per heavy atom. The Kier molecular flexibility index (Phi) is 4.22. The number of aryl methyl sites for hydroxylation is 1. The lowest BCUT2D eigenvalue weighted by Crippen LogP contribution is -2.19. The quantitative estimate of drug-likeness (QED) is 0.854. The van der Waals surface area contributed by atoms with Gasteiger partial charge in [0.15, 0.2) is 0 Å². The molecule has 0 fully saturated rings. The van der Waals surface area contributed by atoms with E-state index >= 15 is 0 Å². The third kappa shape index (κ3) is 2.69. The minimum absolute atomic E-state index is 0.0428. The van der Waals surface area contributed by atoms with Crippen LogP contribution in [0.4, 0.5) is 8.78 Å². The molecule has 0 aliphatic carbocycles. The van der Waals surface area contributed by atoms with Gasteiger partial charge < -0.3 is 5.11 Å². The second-order valence-corrected chi connectivity index (χ2v) is 4.59. The van der Waals surface area contributed by atoms with Gasteiger partial charge in [0, 0.05) is 0 Å². The standard InChI is InChI=1S/C9H11F2IN2O2/c1-4(9(15)16)3-14-7(8(10)11)6(12)5(2)13-14/h4,8H,3H2,1-2H3,(H,15,16)/t4-/m0/s1. The first-order valence-electron chi connectivity index (χ1n) is 4.58. The van der Waals surface area contributed by atoms with E-state index in [0.717, 1.165) is 4.68 Å². The lowest BCUT2D eigenvalue weighted by Gasteiger charge is -2.09. The SMILES string of the molecule is Cc1nn(C[C@H](C)C(=O)O)c(C(F)F)c1I. The smallest absolute Gasteiger partial charge is 0.308 e. The van der Waals surface area contributed by atoms with E-state index in [4.69, 9.17) is 5.11 Å². The summed E-state index contributed by atoms with van der Waals surface area (Å²) in [6, 6.07) is 0. The summed E-state index contributed by atoms with van der Waals surface area (Å²) in [6.07, 6.45) is -2.64.